The van der Waals surface area contributed by atoms with Crippen molar-refractivity contribution in [1.29, 1.82) is 0 Å². The Morgan fingerprint density at radius 2 is 2.09 bits per heavy atom. The third-order valence-corrected chi connectivity index (χ3v) is 4.29. The van der Waals surface area contributed by atoms with Crippen molar-refractivity contribution < 1.29 is 4.79 Å². The molecule has 0 unspecified atom stereocenters. The third-order valence-electron chi connectivity index (χ3n) is 4.29. The Morgan fingerprint density at radius 3 is 2.82 bits per heavy atom. The standard InChI is InChI=1S/C17H24N4O/c1-13(2)21-16-7-5-6-14(15(16)12-19-21)17(22)18-8-11-20-9-3-4-10-20/h5-7,12-13H,3-4,8-11H2,1-2H3,(H,18,22). The fourth-order valence-corrected chi connectivity index (χ4v) is 3.11. The molecule has 3 rings (SSSR count). The maximum atomic E-state index is 12.4. The molecule has 5 nitrogen and oxygen atoms in total. The number of aromatic nitrogens is 2. The Hall–Kier alpha value is -1.88. The summed E-state index contributed by atoms with van der Waals surface area (Å²) in [5.41, 5.74) is 1.73. The molecule has 1 fully saturated rings. The number of hydrogen-bond donors (Lipinski definition) is 1. The molecule has 1 saturated heterocycles. The molecule has 0 saturated carbocycles. The Labute approximate surface area is 131 Å². The second-order valence-corrected chi connectivity index (χ2v) is 6.23. The van der Waals surface area contributed by atoms with Crippen molar-refractivity contribution in [3.8, 4) is 0 Å². The first-order valence-corrected chi connectivity index (χ1v) is 8.13. The lowest BCUT2D eigenvalue weighted by atomic mass is 10.1. The van der Waals surface area contributed by atoms with Crippen LogP contribution >= 0.6 is 0 Å². The fourth-order valence-electron chi connectivity index (χ4n) is 3.11. The molecule has 1 amide bonds. The van der Waals surface area contributed by atoms with E-state index in [0.29, 0.717) is 12.1 Å². The van der Waals surface area contributed by atoms with Gasteiger partial charge < -0.3 is 10.2 Å². The summed E-state index contributed by atoms with van der Waals surface area (Å²) in [5.74, 6) is -0.00639. The number of rotatable bonds is 5. The van der Waals surface area contributed by atoms with Gasteiger partial charge in [0.05, 0.1) is 17.3 Å². The minimum Gasteiger partial charge on any atom is -0.351 e. The molecule has 5 heteroatoms. The zero-order valence-corrected chi connectivity index (χ0v) is 13.4. The molecule has 1 aliphatic rings. The zero-order chi connectivity index (χ0) is 15.5. The third kappa shape index (κ3) is 2.99. The van der Waals surface area contributed by atoms with E-state index in [-0.39, 0.29) is 11.9 Å². The molecule has 2 heterocycles. The first-order chi connectivity index (χ1) is 10.7. The molecule has 1 aliphatic heterocycles. The second kappa shape index (κ2) is 6.48. The number of carbonyl (C=O) groups excluding carboxylic acids is 1. The van der Waals surface area contributed by atoms with E-state index in [4.69, 9.17) is 0 Å². The van der Waals surface area contributed by atoms with E-state index in [1.165, 1.54) is 12.8 Å². The van der Waals surface area contributed by atoms with Crippen LogP contribution in [0.5, 0.6) is 0 Å². The van der Waals surface area contributed by atoms with Gasteiger partial charge in [-0.3, -0.25) is 9.48 Å². The molecular formula is C17H24N4O. The van der Waals surface area contributed by atoms with Crippen molar-refractivity contribution in [3.05, 3.63) is 30.0 Å². The van der Waals surface area contributed by atoms with Crippen LogP contribution in [0.25, 0.3) is 10.9 Å². The molecule has 2 aromatic rings. The van der Waals surface area contributed by atoms with E-state index in [9.17, 15) is 4.79 Å². The number of nitrogens with zero attached hydrogens (tertiary/aromatic N) is 3. The number of hydrogen-bond acceptors (Lipinski definition) is 3. The van der Waals surface area contributed by atoms with Gasteiger partial charge in [-0.15, -0.1) is 0 Å². The highest BCUT2D eigenvalue weighted by atomic mass is 16.1. The van der Waals surface area contributed by atoms with Crippen molar-refractivity contribution in [2.24, 2.45) is 0 Å². The lowest BCUT2D eigenvalue weighted by molar-refractivity contribution is 0.0951. The van der Waals surface area contributed by atoms with E-state index in [2.05, 4.69) is 29.2 Å². The highest BCUT2D eigenvalue weighted by Gasteiger charge is 2.15. The van der Waals surface area contributed by atoms with Crippen LogP contribution in [0.3, 0.4) is 0 Å². The fraction of sp³-hybridized carbons (Fsp3) is 0.529. The summed E-state index contributed by atoms with van der Waals surface area (Å²) in [6.07, 6.45) is 4.36. The Balaban J connectivity index is 1.70. The number of benzene rings is 1. The lowest BCUT2D eigenvalue weighted by Crippen LogP contribution is -2.33. The molecule has 22 heavy (non-hydrogen) atoms. The number of carbonyl (C=O) groups is 1. The SMILES string of the molecule is CC(C)n1ncc2c(C(=O)NCCN3CCCC3)cccc21. The van der Waals surface area contributed by atoms with E-state index in [1.807, 2.05) is 22.9 Å². The number of nitrogens with one attached hydrogen (secondary N) is 1. The van der Waals surface area contributed by atoms with E-state index in [0.717, 1.165) is 30.5 Å². The molecule has 1 N–H and O–H groups in total. The average Bonchev–Trinajstić information content (AvgIpc) is 3.15. The summed E-state index contributed by atoms with van der Waals surface area (Å²) < 4.78 is 1.95. The molecule has 0 bridgehead atoms. The van der Waals surface area contributed by atoms with Gasteiger partial charge in [0.25, 0.3) is 5.91 Å². The van der Waals surface area contributed by atoms with Gasteiger partial charge in [-0.1, -0.05) is 6.07 Å². The van der Waals surface area contributed by atoms with Gasteiger partial charge >= 0.3 is 0 Å². The van der Waals surface area contributed by atoms with Gasteiger partial charge in [-0.05, 0) is 51.9 Å². The van der Waals surface area contributed by atoms with Crippen LogP contribution in [0.15, 0.2) is 24.4 Å². The first kappa shape index (κ1) is 15.0. The quantitative estimate of drug-likeness (QED) is 0.922. The van der Waals surface area contributed by atoms with Crippen molar-refractivity contribution in [3.63, 3.8) is 0 Å². The van der Waals surface area contributed by atoms with Crippen LogP contribution in [0.4, 0.5) is 0 Å². The molecule has 0 spiro atoms. The Bertz CT molecular complexity index is 656. The predicted octanol–water partition coefficient (Wildman–Crippen LogP) is 2.44. The molecule has 118 valence electrons. The zero-order valence-electron chi connectivity index (χ0n) is 13.4. The maximum Gasteiger partial charge on any atom is 0.252 e. The highest BCUT2D eigenvalue weighted by molar-refractivity contribution is 6.06. The normalized spacial score (nSPS) is 15.8. The van der Waals surface area contributed by atoms with Crippen LogP contribution in [0.1, 0.15) is 43.1 Å². The van der Waals surface area contributed by atoms with Crippen molar-refractivity contribution >= 4 is 16.8 Å². The molecule has 0 atom stereocenters. The molecule has 1 aromatic carbocycles. The summed E-state index contributed by atoms with van der Waals surface area (Å²) >= 11 is 0. The van der Waals surface area contributed by atoms with Crippen molar-refractivity contribution in [2.75, 3.05) is 26.2 Å². The minimum absolute atomic E-state index is 0.00639. The van der Waals surface area contributed by atoms with Crippen LogP contribution in [-0.2, 0) is 0 Å². The first-order valence-electron chi connectivity index (χ1n) is 8.13. The molecule has 0 radical (unpaired) electrons. The smallest absolute Gasteiger partial charge is 0.252 e. The number of fused-ring (bicyclic) bond motifs is 1. The summed E-state index contributed by atoms with van der Waals surface area (Å²) in [6, 6.07) is 6.10. The van der Waals surface area contributed by atoms with Crippen molar-refractivity contribution in [2.45, 2.75) is 32.7 Å². The number of likely N-dealkylation sites (tertiary alicyclic amines) is 1. The average molecular weight is 300 g/mol. The minimum atomic E-state index is -0.00639. The van der Waals surface area contributed by atoms with Gasteiger partial charge in [-0.2, -0.15) is 5.10 Å². The monoisotopic (exact) mass is 300 g/mol. The summed E-state index contributed by atoms with van der Waals surface area (Å²) in [7, 11) is 0. The van der Waals surface area contributed by atoms with E-state index in [1.54, 1.807) is 6.20 Å². The van der Waals surface area contributed by atoms with E-state index >= 15 is 0 Å². The second-order valence-electron chi connectivity index (χ2n) is 6.23. The van der Waals surface area contributed by atoms with Gasteiger partial charge in [0.2, 0.25) is 0 Å². The van der Waals surface area contributed by atoms with Gasteiger partial charge in [-0.25, -0.2) is 0 Å². The summed E-state index contributed by atoms with van der Waals surface area (Å²) in [5, 5.41) is 8.37. The topological polar surface area (TPSA) is 50.2 Å². The summed E-state index contributed by atoms with van der Waals surface area (Å²) in [4.78, 5) is 14.8. The van der Waals surface area contributed by atoms with E-state index < -0.39 is 0 Å². The highest BCUT2D eigenvalue weighted by Crippen LogP contribution is 2.21. The van der Waals surface area contributed by atoms with Gasteiger partial charge in [0, 0.05) is 24.5 Å². The van der Waals surface area contributed by atoms with Crippen LogP contribution in [0, 0.1) is 0 Å². The number of amides is 1. The van der Waals surface area contributed by atoms with Crippen LogP contribution in [-0.4, -0.2) is 46.8 Å². The molecule has 0 aliphatic carbocycles. The van der Waals surface area contributed by atoms with Crippen LogP contribution < -0.4 is 5.32 Å². The Kier molecular flexibility index (Phi) is 4.43. The van der Waals surface area contributed by atoms with Gasteiger partial charge in [0.1, 0.15) is 0 Å². The maximum absolute atomic E-state index is 12.4. The molecule has 1 aromatic heterocycles. The predicted molar refractivity (Wildman–Crippen MR) is 88.1 cm³/mol. The van der Waals surface area contributed by atoms with Crippen molar-refractivity contribution in [1.82, 2.24) is 20.0 Å². The Morgan fingerprint density at radius 1 is 1.32 bits per heavy atom. The van der Waals surface area contributed by atoms with Gasteiger partial charge in [0.15, 0.2) is 0 Å². The molecular weight excluding hydrogens is 276 g/mol. The largest absolute Gasteiger partial charge is 0.351 e. The van der Waals surface area contributed by atoms with Crippen LogP contribution in [0.2, 0.25) is 0 Å². The lowest BCUT2D eigenvalue weighted by Gasteiger charge is -2.15. The summed E-state index contributed by atoms with van der Waals surface area (Å²) in [6.45, 7) is 8.14.